The monoisotopic (exact) mass is 371 g/mol. The third-order valence-electron chi connectivity index (χ3n) is 4.87. The van der Waals surface area contributed by atoms with Crippen LogP contribution in [0.5, 0.6) is 0 Å². The van der Waals surface area contributed by atoms with Crippen molar-refractivity contribution in [3.05, 3.63) is 69.7 Å². The van der Waals surface area contributed by atoms with E-state index in [0.29, 0.717) is 22.4 Å². The average molecular weight is 372 g/mol. The molecule has 1 amide bonds. The lowest BCUT2D eigenvalue weighted by Crippen LogP contribution is -2.34. The highest BCUT2D eigenvalue weighted by Crippen LogP contribution is 2.40. The van der Waals surface area contributed by atoms with Crippen molar-refractivity contribution < 1.29 is 4.79 Å². The number of allylic oxidation sites excluding steroid dienone is 1. The predicted octanol–water partition coefficient (Wildman–Crippen LogP) is 5.89. The van der Waals surface area contributed by atoms with Gasteiger partial charge in [0.05, 0.1) is 5.70 Å². The molecule has 0 atom stereocenters. The molecule has 0 N–H and O–H groups in total. The minimum Gasteiger partial charge on any atom is -0.311 e. The minimum atomic E-state index is 0.211. The highest BCUT2D eigenvalue weighted by molar-refractivity contribution is 6.31. The molecular weight excluding hydrogens is 353 g/mol. The van der Waals surface area contributed by atoms with Gasteiger partial charge in [0.25, 0.3) is 0 Å². The molecule has 1 saturated carbocycles. The van der Waals surface area contributed by atoms with Crippen molar-refractivity contribution in [2.75, 3.05) is 6.54 Å². The molecule has 2 aliphatic rings. The van der Waals surface area contributed by atoms with Crippen molar-refractivity contribution in [2.24, 2.45) is 5.92 Å². The molecule has 128 valence electrons. The number of benzene rings is 2. The van der Waals surface area contributed by atoms with E-state index < -0.39 is 0 Å². The lowest BCUT2D eigenvalue weighted by atomic mass is 9.91. The van der Waals surface area contributed by atoms with Crippen LogP contribution in [0.25, 0.3) is 11.3 Å². The van der Waals surface area contributed by atoms with Crippen LogP contribution in [0.3, 0.4) is 0 Å². The largest absolute Gasteiger partial charge is 0.311 e. The van der Waals surface area contributed by atoms with Crippen LogP contribution in [0, 0.1) is 5.92 Å². The summed E-state index contributed by atoms with van der Waals surface area (Å²) in [5.41, 5.74) is 4.32. The number of amides is 1. The third kappa shape index (κ3) is 3.61. The molecule has 0 saturated heterocycles. The molecule has 2 nitrogen and oxygen atoms in total. The van der Waals surface area contributed by atoms with E-state index in [9.17, 15) is 4.79 Å². The maximum Gasteiger partial charge on any atom is 0.227 e. The molecule has 1 aliphatic heterocycles. The van der Waals surface area contributed by atoms with E-state index in [1.54, 1.807) is 0 Å². The summed E-state index contributed by atoms with van der Waals surface area (Å²) in [5, 5.41) is 1.41. The second-order valence-electron chi connectivity index (χ2n) is 6.79. The van der Waals surface area contributed by atoms with Gasteiger partial charge in [-0.3, -0.25) is 4.79 Å². The Kier molecular flexibility index (Phi) is 4.58. The number of hydrogen-bond acceptors (Lipinski definition) is 1. The molecule has 0 unspecified atom stereocenters. The molecule has 0 radical (unpaired) electrons. The summed E-state index contributed by atoms with van der Waals surface area (Å²) in [6.45, 7) is 0.806. The van der Waals surface area contributed by atoms with Crippen LogP contribution in [0.15, 0.2) is 48.5 Å². The second kappa shape index (κ2) is 6.86. The fourth-order valence-corrected chi connectivity index (χ4v) is 3.74. The molecule has 2 aromatic rings. The molecule has 4 heteroatoms. The van der Waals surface area contributed by atoms with Gasteiger partial charge in [0, 0.05) is 23.0 Å². The molecule has 1 fully saturated rings. The van der Waals surface area contributed by atoms with E-state index in [1.807, 2.05) is 47.4 Å². The Morgan fingerprint density at radius 1 is 0.920 bits per heavy atom. The Hall–Kier alpha value is -1.77. The third-order valence-corrected chi connectivity index (χ3v) is 5.36. The molecular formula is C21H19Cl2NO. The molecule has 1 heterocycles. The predicted molar refractivity (Wildman–Crippen MR) is 103 cm³/mol. The molecule has 0 bridgehead atoms. The molecule has 4 rings (SSSR count). The first-order chi connectivity index (χ1) is 12.1. The van der Waals surface area contributed by atoms with Gasteiger partial charge in [-0.2, -0.15) is 0 Å². The van der Waals surface area contributed by atoms with Crippen molar-refractivity contribution in [1.29, 1.82) is 0 Å². The fraction of sp³-hybridized carbons (Fsp3) is 0.286. The zero-order valence-electron chi connectivity index (χ0n) is 13.8. The zero-order valence-corrected chi connectivity index (χ0v) is 15.4. The first kappa shape index (κ1) is 16.7. The Balaban J connectivity index is 1.87. The van der Waals surface area contributed by atoms with Gasteiger partial charge in [0.2, 0.25) is 5.91 Å². The van der Waals surface area contributed by atoms with E-state index in [4.69, 9.17) is 23.2 Å². The van der Waals surface area contributed by atoms with Crippen LogP contribution in [0.4, 0.5) is 0 Å². The smallest absolute Gasteiger partial charge is 0.227 e. The van der Waals surface area contributed by atoms with Crippen molar-refractivity contribution >= 4 is 40.4 Å². The van der Waals surface area contributed by atoms with Gasteiger partial charge in [-0.15, -0.1) is 0 Å². The summed E-state index contributed by atoms with van der Waals surface area (Å²) >= 11 is 12.3. The minimum absolute atomic E-state index is 0.211. The van der Waals surface area contributed by atoms with Crippen molar-refractivity contribution in [3.8, 4) is 0 Å². The van der Waals surface area contributed by atoms with E-state index in [1.165, 1.54) is 18.4 Å². The lowest BCUT2D eigenvalue weighted by Gasteiger charge is -2.33. The first-order valence-corrected chi connectivity index (χ1v) is 9.43. The van der Waals surface area contributed by atoms with Gasteiger partial charge < -0.3 is 4.90 Å². The van der Waals surface area contributed by atoms with Crippen molar-refractivity contribution in [1.82, 2.24) is 4.90 Å². The number of carbonyl (C=O) groups excluding carboxylic acids is 1. The Morgan fingerprint density at radius 3 is 2.36 bits per heavy atom. The van der Waals surface area contributed by atoms with E-state index in [2.05, 4.69) is 6.07 Å². The summed E-state index contributed by atoms with van der Waals surface area (Å²) in [6.07, 6.45) is 3.71. The highest BCUT2D eigenvalue weighted by atomic mass is 35.5. The molecule has 0 spiro atoms. The van der Waals surface area contributed by atoms with E-state index in [-0.39, 0.29) is 5.91 Å². The zero-order chi connectivity index (χ0) is 17.4. The highest BCUT2D eigenvalue weighted by Gasteiger charge is 2.33. The van der Waals surface area contributed by atoms with Gasteiger partial charge >= 0.3 is 0 Å². The molecule has 25 heavy (non-hydrogen) atoms. The standard InChI is InChI=1S/C21H19Cl2NO/c22-17-8-6-15(7-9-17)21-19(16-2-1-3-18(23)12-16)10-11-20(25)24(21)13-14-4-5-14/h1-3,6-9,12,14H,4-5,10-11,13H2. The van der Waals surface area contributed by atoms with E-state index in [0.717, 1.165) is 29.8 Å². The number of rotatable bonds is 4. The van der Waals surface area contributed by atoms with Crippen molar-refractivity contribution in [2.45, 2.75) is 25.7 Å². The van der Waals surface area contributed by atoms with Crippen molar-refractivity contribution in [3.63, 3.8) is 0 Å². The maximum absolute atomic E-state index is 12.7. The first-order valence-electron chi connectivity index (χ1n) is 8.67. The fourth-order valence-electron chi connectivity index (χ4n) is 3.42. The number of halogens is 2. The second-order valence-corrected chi connectivity index (χ2v) is 7.66. The Labute approximate surface area is 158 Å². The topological polar surface area (TPSA) is 20.3 Å². The summed E-state index contributed by atoms with van der Waals surface area (Å²) < 4.78 is 0. The summed E-state index contributed by atoms with van der Waals surface area (Å²) in [4.78, 5) is 14.7. The molecule has 2 aromatic carbocycles. The van der Waals surface area contributed by atoms with Gasteiger partial charge in [0.1, 0.15) is 0 Å². The summed E-state index contributed by atoms with van der Waals surface area (Å²) in [5.74, 6) is 0.840. The Morgan fingerprint density at radius 2 is 1.68 bits per heavy atom. The van der Waals surface area contributed by atoms with Crippen LogP contribution in [0.2, 0.25) is 10.0 Å². The normalized spacial score (nSPS) is 18.0. The van der Waals surface area contributed by atoms with Gasteiger partial charge in [-0.05, 0) is 66.1 Å². The lowest BCUT2D eigenvalue weighted by molar-refractivity contribution is -0.128. The van der Waals surface area contributed by atoms with Crippen LogP contribution in [-0.2, 0) is 4.79 Å². The average Bonchev–Trinajstić information content (AvgIpc) is 3.42. The summed E-state index contributed by atoms with van der Waals surface area (Å²) in [7, 11) is 0. The van der Waals surface area contributed by atoms with Gasteiger partial charge in [0.15, 0.2) is 0 Å². The maximum atomic E-state index is 12.7. The Bertz CT molecular complexity index is 837. The molecule has 1 aliphatic carbocycles. The van der Waals surface area contributed by atoms with Crippen LogP contribution >= 0.6 is 23.2 Å². The molecule has 0 aromatic heterocycles. The van der Waals surface area contributed by atoms with Crippen LogP contribution in [-0.4, -0.2) is 17.4 Å². The quantitative estimate of drug-likeness (QED) is 0.655. The van der Waals surface area contributed by atoms with Gasteiger partial charge in [-0.25, -0.2) is 0 Å². The SMILES string of the molecule is O=C1CCC(c2cccc(Cl)c2)=C(c2ccc(Cl)cc2)N1CC1CC1. The number of nitrogens with zero attached hydrogens (tertiary/aromatic N) is 1. The summed E-state index contributed by atoms with van der Waals surface area (Å²) in [6, 6.07) is 15.7. The number of carbonyl (C=O) groups is 1. The van der Waals surface area contributed by atoms with Crippen LogP contribution < -0.4 is 0 Å². The van der Waals surface area contributed by atoms with E-state index >= 15 is 0 Å². The van der Waals surface area contributed by atoms with Crippen LogP contribution in [0.1, 0.15) is 36.8 Å². The van der Waals surface area contributed by atoms with Gasteiger partial charge in [-0.1, -0.05) is 47.5 Å². The number of hydrogen-bond donors (Lipinski definition) is 0.